The molecule has 6 heteroatoms. The van der Waals surface area contributed by atoms with Crippen LogP contribution >= 0.6 is 90.4 Å². The molecule has 0 radical (unpaired) electrons. The van der Waals surface area contributed by atoms with E-state index in [1.807, 2.05) is 0 Å². The van der Waals surface area contributed by atoms with Crippen molar-refractivity contribution in [1.82, 2.24) is 0 Å². The molecule has 0 aliphatic carbocycles. The Morgan fingerprint density at radius 1 is 0.581 bits per heavy atom. The van der Waals surface area contributed by atoms with Gasteiger partial charge in [-0.05, 0) is 145 Å². The Bertz CT molecular complexity index is 1130. The molecule has 0 atom stereocenters. The molecule has 4 aromatic rings. The maximum atomic E-state index is 6.16. The molecule has 0 fully saturated rings. The van der Waals surface area contributed by atoms with Crippen molar-refractivity contribution < 1.29 is 4.74 Å². The van der Waals surface area contributed by atoms with Gasteiger partial charge in [0.1, 0.15) is 12.4 Å². The number of benzene rings is 4. The van der Waals surface area contributed by atoms with Gasteiger partial charge in [0.25, 0.3) is 0 Å². The highest BCUT2D eigenvalue weighted by atomic mass is 127. The van der Waals surface area contributed by atoms with Gasteiger partial charge in [0.05, 0.1) is 10.9 Å². The van der Waals surface area contributed by atoms with E-state index >= 15 is 0 Å². The van der Waals surface area contributed by atoms with Gasteiger partial charge in [-0.15, -0.1) is 0 Å². The van der Waals surface area contributed by atoms with Gasteiger partial charge in [-0.2, -0.15) is 0 Å². The molecular formula is C25H17I4OS+. The van der Waals surface area contributed by atoms with E-state index in [0.29, 0.717) is 6.61 Å². The fourth-order valence-electron chi connectivity index (χ4n) is 3.08. The zero-order chi connectivity index (χ0) is 21.8. The predicted molar refractivity (Wildman–Crippen MR) is 163 cm³/mol. The van der Waals surface area contributed by atoms with Gasteiger partial charge in [-0.1, -0.05) is 36.4 Å². The molecule has 0 N–H and O–H groups in total. The van der Waals surface area contributed by atoms with Gasteiger partial charge in [-0.25, -0.2) is 0 Å². The quantitative estimate of drug-likeness (QED) is 0.0816. The highest BCUT2D eigenvalue weighted by Crippen LogP contribution is 2.33. The topological polar surface area (TPSA) is 9.23 Å². The Labute approximate surface area is 240 Å². The van der Waals surface area contributed by atoms with Crippen LogP contribution in [0.1, 0.15) is 5.56 Å². The van der Waals surface area contributed by atoms with Crippen LogP contribution in [-0.2, 0) is 17.5 Å². The van der Waals surface area contributed by atoms with Crippen LogP contribution in [0, 0.1) is 14.3 Å². The normalized spacial score (nSPS) is 11.0. The number of rotatable bonds is 6. The van der Waals surface area contributed by atoms with Crippen molar-refractivity contribution in [3.63, 3.8) is 0 Å². The Morgan fingerprint density at radius 3 is 1.65 bits per heavy atom. The third kappa shape index (κ3) is 5.90. The molecule has 0 amide bonds. The number of hydrogen-bond donors (Lipinski definition) is 0. The molecular weight excluding hydrogens is 856 g/mol. The molecule has 1 nitrogen and oxygen atoms in total. The molecule has 0 saturated carbocycles. The Morgan fingerprint density at radius 2 is 1.10 bits per heavy atom. The van der Waals surface area contributed by atoms with E-state index in [4.69, 9.17) is 4.74 Å². The van der Waals surface area contributed by atoms with Crippen LogP contribution in [0.15, 0.2) is 106 Å². The van der Waals surface area contributed by atoms with E-state index in [1.165, 1.54) is 34.5 Å². The van der Waals surface area contributed by atoms with Gasteiger partial charge in [0, 0.05) is 19.8 Å². The van der Waals surface area contributed by atoms with Crippen molar-refractivity contribution in [2.24, 2.45) is 0 Å². The lowest BCUT2D eigenvalue weighted by atomic mass is 10.2. The van der Waals surface area contributed by atoms with Crippen LogP contribution in [0.4, 0.5) is 0 Å². The first-order chi connectivity index (χ1) is 15.0. The van der Waals surface area contributed by atoms with Crippen LogP contribution in [0.5, 0.6) is 5.75 Å². The molecule has 0 aromatic heterocycles. The summed E-state index contributed by atoms with van der Waals surface area (Å²) >= 11 is 9.65. The largest absolute Gasteiger partial charge is 0.489 e. The summed E-state index contributed by atoms with van der Waals surface area (Å²) < 4.78 is 11.3. The lowest BCUT2D eigenvalue weighted by molar-refractivity contribution is 0.305. The molecule has 0 spiro atoms. The van der Waals surface area contributed by atoms with E-state index in [-0.39, 0.29) is 10.9 Å². The van der Waals surface area contributed by atoms with Crippen LogP contribution in [0.3, 0.4) is 0 Å². The monoisotopic (exact) mass is 873 g/mol. The lowest BCUT2D eigenvalue weighted by Crippen LogP contribution is -2.05. The minimum Gasteiger partial charge on any atom is -0.489 e. The summed E-state index contributed by atoms with van der Waals surface area (Å²) in [5.41, 5.74) is 1.23. The van der Waals surface area contributed by atoms with Gasteiger partial charge < -0.3 is 4.74 Å². The summed E-state index contributed by atoms with van der Waals surface area (Å²) in [6.07, 6.45) is 0. The van der Waals surface area contributed by atoms with Gasteiger partial charge in [0.2, 0.25) is 0 Å². The maximum absolute atomic E-state index is 6.16. The van der Waals surface area contributed by atoms with Crippen molar-refractivity contribution in [2.45, 2.75) is 21.3 Å². The fraction of sp³-hybridized carbons (Fsp3) is 0.0400. The van der Waals surface area contributed by atoms with E-state index in [9.17, 15) is 0 Å². The number of halogens is 4. The Balaban J connectivity index is 1.57. The van der Waals surface area contributed by atoms with Crippen LogP contribution in [0.2, 0.25) is 0 Å². The summed E-state index contributed by atoms with van der Waals surface area (Å²) in [4.78, 5) is 3.93. The van der Waals surface area contributed by atoms with Gasteiger partial charge in [-0.3, -0.25) is 0 Å². The zero-order valence-electron chi connectivity index (χ0n) is 16.2. The SMILES string of the molecule is Ic1cc(COc2ccc([S+](c3ccccc3)c3ccccc3)cc2)c(I)c(I)c1I. The third-order valence-corrected chi connectivity index (χ3v) is 14.2. The predicted octanol–water partition coefficient (Wildman–Crippen LogP) is 8.78. The summed E-state index contributed by atoms with van der Waals surface area (Å²) in [5.74, 6) is 0.896. The second-order valence-electron chi connectivity index (χ2n) is 6.65. The molecule has 0 aliphatic rings. The van der Waals surface area contributed by atoms with Crippen molar-refractivity contribution >= 4 is 101 Å². The van der Waals surface area contributed by atoms with Gasteiger partial charge in [0.15, 0.2) is 14.7 Å². The summed E-state index contributed by atoms with van der Waals surface area (Å²) in [6, 6.07) is 32.2. The average Bonchev–Trinajstić information content (AvgIpc) is 2.81. The standard InChI is InChI=1S/C25H17I4OS/c26-22-15-17(23(27)25(29)24(22)28)16-30-18-11-13-21(14-12-18)31(19-7-3-1-4-8-19)20-9-5-2-6-10-20/h1-15H,16H2/q+1. The first-order valence-electron chi connectivity index (χ1n) is 9.43. The molecule has 0 unspecified atom stereocenters. The molecule has 156 valence electrons. The summed E-state index contributed by atoms with van der Waals surface area (Å²) in [7, 11) is -0.135. The third-order valence-electron chi connectivity index (χ3n) is 4.59. The Kier molecular flexibility index (Phi) is 8.85. The first-order valence-corrected chi connectivity index (χ1v) is 15.0. The van der Waals surface area contributed by atoms with E-state index in [1.54, 1.807) is 0 Å². The summed E-state index contributed by atoms with van der Waals surface area (Å²) in [6.45, 7) is 0.573. The average molecular weight is 873 g/mol. The van der Waals surface area contributed by atoms with Crippen LogP contribution in [0.25, 0.3) is 0 Å². The van der Waals surface area contributed by atoms with Crippen molar-refractivity contribution in [1.29, 1.82) is 0 Å². The molecule has 0 heterocycles. The van der Waals surface area contributed by atoms with E-state index in [0.717, 1.165) is 5.75 Å². The van der Waals surface area contributed by atoms with Crippen molar-refractivity contribution in [2.75, 3.05) is 0 Å². The molecule has 4 rings (SSSR count). The Hall–Kier alpha value is -0.0500. The first kappa shape index (κ1) is 24.1. The molecule has 0 saturated heterocycles. The van der Waals surface area contributed by atoms with Crippen LogP contribution in [-0.4, -0.2) is 0 Å². The second kappa shape index (κ2) is 11.4. The van der Waals surface area contributed by atoms with E-state index in [2.05, 4.69) is 181 Å². The zero-order valence-corrected chi connectivity index (χ0v) is 25.6. The molecule has 0 bridgehead atoms. The van der Waals surface area contributed by atoms with E-state index < -0.39 is 0 Å². The van der Waals surface area contributed by atoms with Crippen molar-refractivity contribution in [3.8, 4) is 5.75 Å². The number of ether oxygens (including phenoxy) is 1. The van der Waals surface area contributed by atoms with Crippen molar-refractivity contribution in [3.05, 3.63) is 111 Å². The van der Waals surface area contributed by atoms with Gasteiger partial charge >= 0.3 is 0 Å². The molecule has 4 aromatic carbocycles. The fourth-order valence-corrected chi connectivity index (χ4v) is 8.49. The maximum Gasteiger partial charge on any atom is 0.166 e. The smallest absolute Gasteiger partial charge is 0.166 e. The number of hydrogen-bond acceptors (Lipinski definition) is 1. The summed E-state index contributed by atoms with van der Waals surface area (Å²) in [5, 5.41) is 0. The minimum absolute atomic E-state index is 0.135. The highest BCUT2D eigenvalue weighted by Gasteiger charge is 2.28. The molecule has 0 aliphatic heterocycles. The van der Waals surface area contributed by atoms with Crippen LogP contribution < -0.4 is 4.74 Å². The highest BCUT2D eigenvalue weighted by molar-refractivity contribution is 14.1. The molecule has 31 heavy (non-hydrogen) atoms. The lowest BCUT2D eigenvalue weighted by Gasteiger charge is -2.12. The minimum atomic E-state index is -0.135. The second-order valence-corrected chi connectivity index (χ2v) is 13.1.